The predicted octanol–water partition coefficient (Wildman–Crippen LogP) is 1.10. The van der Waals surface area contributed by atoms with Gasteiger partial charge in [-0.2, -0.15) is 0 Å². The van der Waals surface area contributed by atoms with Crippen LogP contribution in [0.5, 0.6) is 0 Å². The van der Waals surface area contributed by atoms with E-state index in [0.29, 0.717) is 19.6 Å². The van der Waals surface area contributed by atoms with Crippen LogP contribution in [-0.4, -0.2) is 37.7 Å². The van der Waals surface area contributed by atoms with Crippen molar-refractivity contribution in [1.29, 1.82) is 0 Å². The van der Waals surface area contributed by atoms with Gasteiger partial charge in [0.25, 0.3) is 0 Å². The lowest BCUT2D eigenvalue weighted by Crippen LogP contribution is -2.47. The molecule has 1 saturated heterocycles. The molecule has 0 amide bonds. The van der Waals surface area contributed by atoms with Crippen molar-refractivity contribution in [2.24, 2.45) is 5.73 Å². The Morgan fingerprint density at radius 3 is 2.19 bits per heavy atom. The second-order valence-electron chi connectivity index (χ2n) is 5.66. The van der Waals surface area contributed by atoms with Crippen LogP contribution in [0.1, 0.15) is 40.0 Å². The summed E-state index contributed by atoms with van der Waals surface area (Å²) in [6, 6.07) is 0. The number of sulfone groups is 1. The second-order valence-corrected chi connectivity index (χ2v) is 8.52. The van der Waals surface area contributed by atoms with Crippen molar-refractivity contribution in [1.82, 2.24) is 0 Å². The Hall–Kier alpha value is -0.130. The van der Waals surface area contributed by atoms with E-state index in [-0.39, 0.29) is 11.3 Å². The molecule has 0 aromatic rings. The van der Waals surface area contributed by atoms with Gasteiger partial charge in [0, 0.05) is 18.8 Å². The van der Waals surface area contributed by atoms with E-state index in [1.165, 1.54) is 0 Å². The molecule has 1 heterocycles. The van der Waals surface area contributed by atoms with Gasteiger partial charge >= 0.3 is 0 Å². The highest BCUT2D eigenvalue weighted by Gasteiger charge is 2.34. The van der Waals surface area contributed by atoms with E-state index in [4.69, 9.17) is 10.5 Å². The van der Waals surface area contributed by atoms with Crippen LogP contribution in [0.25, 0.3) is 0 Å². The molecular formula is C11H23NO3S. The van der Waals surface area contributed by atoms with Gasteiger partial charge in [-0.25, -0.2) is 8.42 Å². The summed E-state index contributed by atoms with van der Waals surface area (Å²) in [5.74, 6) is 0.174. The molecule has 0 aromatic carbocycles. The monoisotopic (exact) mass is 249 g/mol. The molecule has 0 saturated carbocycles. The van der Waals surface area contributed by atoms with Crippen molar-refractivity contribution >= 4 is 9.84 Å². The minimum absolute atomic E-state index is 0.174. The molecule has 96 valence electrons. The van der Waals surface area contributed by atoms with E-state index in [2.05, 4.69) is 0 Å². The summed E-state index contributed by atoms with van der Waals surface area (Å²) < 4.78 is 28.4. The first kappa shape index (κ1) is 13.9. The van der Waals surface area contributed by atoms with Gasteiger partial charge in [-0.05, 0) is 40.0 Å². The molecule has 1 fully saturated rings. The van der Waals surface area contributed by atoms with E-state index in [1.807, 2.05) is 0 Å². The molecule has 5 heteroatoms. The van der Waals surface area contributed by atoms with Crippen molar-refractivity contribution in [3.63, 3.8) is 0 Å². The molecule has 1 rings (SSSR count). The van der Waals surface area contributed by atoms with Crippen LogP contribution in [0.2, 0.25) is 0 Å². The van der Waals surface area contributed by atoms with Crippen LogP contribution >= 0.6 is 0 Å². The second kappa shape index (κ2) is 4.63. The highest BCUT2D eigenvalue weighted by atomic mass is 32.2. The zero-order chi connectivity index (χ0) is 12.4. The van der Waals surface area contributed by atoms with Crippen LogP contribution in [0.15, 0.2) is 0 Å². The average molecular weight is 249 g/mol. The highest BCUT2D eigenvalue weighted by molar-refractivity contribution is 7.92. The maximum absolute atomic E-state index is 12.0. The summed E-state index contributed by atoms with van der Waals surface area (Å²) in [6.45, 7) is 6.48. The van der Waals surface area contributed by atoms with E-state index < -0.39 is 14.6 Å². The lowest BCUT2D eigenvalue weighted by atomic mass is 9.89. The number of ether oxygens (including phenoxy) is 1. The molecule has 1 aliphatic heterocycles. The maximum atomic E-state index is 12.0. The largest absolute Gasteiger partial charge is 0.381 e. The third-order valence-corrected chi connectivity index (χ3v) is 5.90. The summed E-state index contributed by atoms with van der Waals surface area (Å²) in [6.07, 6.45) is 2.05. The zero-order valence-electron chi connectivity index (χ0n) is 10.5. The first-order chi connectivity index (χ1) is 7.16. The number of nitrogens with two attached hydrogens (primary N) is 1. The molecule has 0 radical (unpaired) electrons. The van der Waals surface area contributed by atoms with E-state index >= 15 is 0 Å². The van der Waals surface area contributed by atoms with Gasteiger partial charge in [0.15, 0.2) is 9.84 Å². The molecule has 16 heavy (non-hydrogen) atoms. The number of rotatable bonds is 3. The smallest absolute Gasteiger partial charge is 0.155 e. The first-order valence-electron chi connectivity index (χ1n) is 5.75. The van der Waals surface area contributed by atoms with Crippen LogP contribution in [0.4, 0.5) is 0 Å². The Morgan fingerprint density at radius 2 is 1.75 bits per heavy atom. The summed E-state index contributed by atoms with van der Waals surface area (Å²) >= 11 is 0. The fraction of sp³-hybridized carbons (Fsp3) is 1.00. The minimum Gasteiger partial charge on any atom is -0.381 e. The third-order valence-electron chi connectivity index (χ3n) is 3.29. The quantitative estimate of drug-likeness (QED) is 0.813. The van der Waals surface area contributed by atoms with Crippen LogP contribution in [0, 0.1) is 0 Å². The Balaban J connectivity index is 2.57. The van der Waals surface area contributed by atoms with E-state index in [1.54, 1.807) is 20.8 Å². The van der Waals surface area contributed by atoms with E-state index in [9.17, 15) is 8.42 Å². The van der Waals surface area contributed by atoms with Gasteiger partial charge in [-0.3, -0.25) is 0 Å². The summed E-state index contributed by atoms with van der Waals surface area (Å²) in [5.41, 5.74) is 5.81. The van der Waals surface area contributed by atoms with Crippen LogP contribution < -0.4 is 5.73 Å². The normalized spacial score (nSPS) is 22.0. The van der Waals surface area contributed by atoms with Gasteiger partial charge < -0.3 is 10.5 Å². The molecule has 2 N–H and O–H groups in total. The molecule has 0 aliphatic carbocycles. The van der Waals surface area contributed by atoms with Crippen molar-refractivity contribution in [2.45, 2.75) is 50.3 Å². The standard InChI is InChI=1S/C11H23NO3S/c1-10(2,3)16(13,14)9-6-11(12)4-7-15-8-5-11/h4-9,12H2,1-3H3. The Labute approximate surface area is 98.5 Å². The van der Waals surface area contributed by atoms with Gasteiger partial charge in [-0.15, -0.1) is 0 Å². The molecule has 1 aliphatic rings. The molecule has 0 unspecified atom stereocenters. The van der Waals surface area contributed by atoms with E-state index in [0.717, 1.165) is 12.8 Å². The van der Waals surface area contributed by atoms with Crippen LogP contribution in [-0.2, 0) is 14.6 Å². The Kier molecular flexibility index (Phi) is 4.03. The third kappa shape index (κ3) is 3.43. The summed E-state index contributed by atoms with van der Waals surface area (Å²) in [5, 5.41) is 0. The molecule has 4 nitrogen and oxygen atoms in total. The summed E-state index contributed by atoms with van der Waals surface area (Å²) in [4.78, 5) is 0. The molecule has 0 atom stereocenters. The SMILES string of the molecule is CC(C)(C)S(=O)(=O)CCC1(N)CCOCC1. The molecule has 0 bridgehead atoms. The zero-order valence-corrected chi connectivity index (χ0v) is 11.3. The van der Waals surface area contributed by atoms with Gasteiger partial charge in [0.1, 0.15) is 0 Å². The van der Waals surface area contributed by atoms with Gasteiger partial charge in [0.05, 0.1) is 10.5 Å². The minimum atomic E-state index is -3.06. The molecular weight excluding hydrogens is 226 g/mol. The maximum Gasteiger partial charge on any atom is 0.155 e. The van der Waals surface area contributed by atoms with Crippen molar-refractivity contribution in [3.05, 3.63) is 0 Å². The summed E-state index contributed by atoms with van der Waals surface area (Å²) in [7, 11) is -3.06. The number of hydrogen-bond donors (Lipinski definition) is 1. The average Bonchev–Trinajstić information content (AvgIpc) is 2.15. The van der Waals surface area contributed by atoms with Gasteiger partial charge in [0.2, 0.25) is 0 Å². The lowest BCUT2D eigenvalue weighted by Gasteiger charge is -2.34. The van der Waals surface area contributed by atoms with Crippen molar-refractivity contribution < 1.29 is 13.2 Å². The number of hydrogen-bond acceptors (Lipinski definition) is 4. The Morgan fingerprint density at radius 1 is 1.25 bits per heavy atom. The topological polar surface area (TPSA) is 69.4 Å². The lowest BCUT2D eigenvalue weighted by molar-refractivity contribution is 0.0522. The first-order valence-corrected chi connectivity index (χ1v) is 7.41. The molecule has 0 aromatic heterocycles. The predicted molar refractivity (Wildman–Crippen MR) is 65.1 cm³/mol. The Bertz CT molecular complexity index is 324. The fourth-order valence-electron chi connectivity index (χ4n) is 1.67. The molecule has 0 spiro atoms. The van der Waals surface area contributed by atoms with Gasteiger partial charge in [-0.1, -0.05) is 0 Å². The van der Waals surface area contributed by atoms with Crippen molar-refractivity contribution in [3.8, 4) is 0 Å². The van der Waals surface area contributed by atoms with Crippen molar-refractivity contribution in [2.75, 3.05) is 19.0 Å². The fourth-order valence-corrected chi connectivity index (χ4v) is 2.96. The van der Waals surface area contributed by atoms with Crippen LogP contribution in [0.3, 0.4) is 0 Å². The highest BCUT2D eigenvalue weighted by Crippen LogP contribution is 2.25.